The fourth-order valence-corrected chi connectivity index (χ4v) is 4.56. The van der Waals surface area contributed by atoms with Gasteiger partial charge in [0.25, 0.3) is 5.56 Å². The molecule has 2 aromatic carbocycles. The van der Waals surface area contributed by atoms with Crippen LogP contribution in [-0.4, -0.2) is 14.1 Å². The van der Waals surface area contributed by atoms with E-state index in [1.54, 1.807) is 22.8 Å². The van der Waals surface area contributed by atoms with E-state index in [0.29, 0.717) is 19.3 Å². The molecule has 1 N–H and O–H groups in total. The van der Waals surface area contributed by atoms with Crippen molar-refractivity contribution in [1.29, 1.82) is 0 Å². The Balaban J connectivity index is 2.07. The molecule has 2 heterocycles. The molecule has 0 aliphatic carbocycles. The molecule has 0 radical (unpaired) electrons. The Kier molecular flexibility index (Phi) is 4.59. The number of aryl methyl sites for hydroxylation is 1. The summed E-state index contributed by atoms with van der Waals surface area (Å²) in [6.07, 6.45) is 0. The average molecular weight is 436 g/mol. The van der Waals surface area contributed by atoms with Gasteiger partial charge in [0.05, 0.1) is 5.69 Å². The first kappa shape index (κ1) is 18.2. The van der Waals surface area contributed by atoms with Crippen molar-refractivity contribution in [2.24, 2.45) is 0 Å². The van der Waals surface area contributed by atoms with Crippen LogP contribution in [0.1, 0.15) is 5.56 Å². The lowest BCUT2D eigenvalue weighted by Crippen LogP contribution is -2.21. The van der Waals surface area contributed by atoms with Crippen LogP contribution in [0.5, 0.6) is 0 Å². The van der Waals surface area contributed by atoms with Gasteiger partial charge < -0.3 is 4.98 Å². The fraction of sp³-hybridized carbons (Fsp3) is 0.0556. The highest BCUT2D eigenvalue weighted by atomic mass is 35.5. The van der Waals surface area contributed by atoms with Gasteiger partial charge in [0.1, 0.15) is 16.2 Å². The number of thiazole rings is 1. The first-order valence-corrected chi connectivity index (χ1v) is 9.82. The number of H-pyrrole nitrogens is 1. The standard InChI is InChI=1S/C18H11ClFN3OS3/c1-9-8-10(6-7-11(9)19)22-15-14(27-18(22)26)16(24)23(17(25)21-15)13-5-3-2-4-12(13)20/h2-8H,1H3,(H,21,25). The van der Waals surface area contributed by atoms with Crippen molar-refractivity contribution in [2.75, 3.05) is 0 Å². The summed E-state index contributed by atoms with van der Waals surface area (Å²) in [5.74, 6) is -0.533. The van der Waals surface area contributed by atoms with Gasteiger partial charge in [-0.2, -0.15) is 0 Å². The Morgan fingerprint density at radius 3 is 2.59 bits per heavy atom. The quantitative estimate of drug-likeness (QED) is 0.409. The smallest absolute Gasteiger partial charge is 0.278 e. The van der Waals surface area contributed by atoms with Crippen LogP contribution in [0.2, 0.25) is 5.02 Å². The Hall–Kier alpha value is -2.13. The number of aromatic amines is 1. The minimum atomic E-state index is -0.533. The van der Waals surface area contributed by atoms with Crippen molar-refractivity contribution < 1.29 is 4.39 Å². The number of aromatic nitrogens is 3. The van der Waals surface area contributed by atoms with E-state index in [9.17, 15) is 9.18 Å². The molecule has 4 nitrogen and oxygen atoms in total. The van der Waals surface area contributed by atoms with E-state index in [2.05, 4.69) is 4.98 Å². The summed E-state index contributed by atoms with van der Waals surface area (Å²) in [4.78, 5) is 16.1. The van der Waals surface area contributed by atoms with E-state index >= 15 is 0 Å². The molecule has 0 amide bonds. The molecule has 4 rings (SSSR count). The minimum absolute atomic E-state index is 0.0878. The van der Waals surface area contributed by atoms with Gasteiger partial charge in [-0.15, -0.1) is 0 Å². The molecule has 0 fully saturated rings. The number of benzene rings is 2. The van der Waals surface area contributed by atoms with Gasteiger partial charge in [0, 0.05) is 10.7 Å². The maximum Gasteiger partial charge on any atom is 0.278 e. The van der Waals surface area contributed by atoms with Gasteiger partial charge in [0.2, 0.25) is 0 Å². The van der Waals surface area contributed by atoms with Gasteiger partial charge in [-0.3, -0.25) is 9.36 Å². The molecule has 9 heteroatoms. The number of hydrogen-bond acceptors (Lipinski definition) is 4. The zero-order valence-corrected chi connectivity index (χ0v) is 17.0. The maximum atomic E-state index is 14.2. The summed E-state index contributed by atoms with van der Waals surface area (Å²) in [7, 11) is 0. The van der Waals surface area contributed by atoms with Crippen LogP contribution in [0.25, 0.3) is 21.7 Å². The predicted molar refractivity (Wildman–Crippen MR) is 112 cm³/mol. The van der Waals surface area contributed by atoms with E-state index in [1.165, 1.54) is 12.1 Å². The zero-order valence-electron chi connectivity index (χ0n) is 13.8. The van der Waals surface area contributed by atoms with Crippen molar-refractivity contribution in [3.05, 3.63) is 77.9 Å². The summed E-state index contributed by atoms with van der Waals surface area (Å²) < 4.78 is 18.0. The van der Waals surface area contributed by atoms with E-state index in [0.717, 1.165) is 27.2 Å². The summed E-state index contributed by atoms with van der Waals surface area (Å²) in [6, 6.07) is 11.5. The molecule has 0 atom stereocenters. The molecule has 2 aromatic heterocycles. The lowest BCUT2D eigenvalue weighted by Gasteiger charge is -2.10. The van der Waals surface area contributed by atoms with E-state index in [-0.39, 0.29) is 10.5 Å². The molecule has 0 unspecified atom stereocenters. The molecule has 0 saturated carbocycles. The van der Waals surface area contributed by atoms with Crippen molar-refractivity contribution in [2.45, 2.75) is 6.92 Å². The van der Waals surface area contributed by atoms with Crippen LogP contribution in [-0.2, 0) is 0 Å². The molecule has 0 aliphatic heterocycles. The lowest BCUT2D eigenvalue weighted by atomic mass is 10.2. The van der Waals surface area contributed by atoms with Crippen molar-refractivity contribution in [3.8, 4) is 11.4 Å². The average Bonchev–Trinajstić information content (AvgIpc) is 2.95. The summed E-state index contributed by atoms with van der Waals surface area (Å²) >= 11 is 18.1. The normalized spacial score (nSPS) is 11.2. The van der Waals surface area contributed by atoms with Crippen molar-refractivity contribution in [1.82, 2.24) is 14.1 Å². The number of rotatable bonds is 2. The van der Waals surface area contributed by atoms with Crippen molar-refractivity contribution in [3.63, 3.8) is 0 Å². The molecule has 27 heavy (non-hydrogen) atoms. The highest BCUT2D eigenvalue weighted by molar-refractivity contribution is 7.73. The molecule has 0 saturated heterocycles. The number of nitrogens with zero attached hydrogens (tertiary/aromatic N) is 2. The number of halogens is 2. The summed E-state index contributed by atoms with van der Waals surface area (Å²) in [6.45, 7) is 1.89. The first-order chi connectivity index (χ1) is 12.9. The van der Waals surface area contributed by atoms with Gasteiger partial charge in [-0.25, -0.2) is 8.96 Å². The Morgan fingerprint density at radius 2 is 1.89 bits per heavy atom. The lowest BCUT2D eigenvalue weighted by molar-refractivity contribution is 0.615. The van der Waals surface area contributed by atoms with E-state index in [4.69, 9.17) is 36.0 Å². The second kappa shape index (κ2) is 6.79. The van der Waals surface area contributed by atoms with Gasteiger partial charge >= 0.3 is 0 Å². The number of para-hydroxylation sites is 1. The molecular weight excluding hydrogens is 425 g/mol. The number of fused-ring (bicyclic) bond motifs is 1. The molecule has 0 bridgehead atoms. The van der Waals surface area contributed by atoms with Crippen LogP contribution < -0.4 is 5.56 Å². The molecule has 0 aliphatic rings. The minimum Gasteiger partial charge on any atom is -0.316 e. The summed E-state index contributed by atoms with van der Waals surface area (Å²) in [5.41, 5.74) is 1.81. The van der Waals surface area contributed by atoms with Gasteiger partial charge in [-0.05, 0) is 67.3 Å². The van der Waals surface area contributed by atoms with Gasteiger partial charge in [0.15, 0.2) is 8.73 Å². The van der Waals surface area contributed by atoms with Crippen LogP contribution in [0.15, 0.2) is 47.3 Å². The Bertz CT molecular complexity index is 1380. The molecule has 4 aromatic rings. The molecule has 0 spiro atoms. The van der Waals surface area contributed by atoms with E-state index < -0.39 is 11.4 Å². The second-order valence-electron chi connectivity index (χ2n) is 5.84. The summed E-state index contributed by atoms with van der Waals surface area (Å²) in [5, 5.41) is 0.639. The third kappa shape index (κ3) is 2.98. The largest absolute Gasteiger partial charge is 0.316 e. The predicted octanol–water partition coefficient (Wildman–Crippen LogP) is 5.73. The van der Waals surface area contributed by atoms with E-state index in [1.807, 2.05) is 19.1 Å². The topological polar surface area (TPSA) is 42.7 Å². The molecular formula is C18H11ClFN3OS3. The van der Waals surface area contributed by atoms with Gasteiger partial charge in [-0.1, -0.05) is 35.1 Å². The van der Waals surface area contributed by atoms with Crippen LogP contribution in [0.4, 0.5) is 4.39 Å². The first-order valence-electron chi connectivity index (χ1n) is 7.81. The molecule has 136 valence electrons. The third-order valence-electron chi connectivity index (χ3n) is 4.13. The van der Waals surface area contributed by atoms with Crippen LogP contribution >= 0.6 is 47.4 Å². The maximum absolute atomic E-state index is 14.2. The fourth-order valence-electron chi connectivity index (χ4n) is 2.84. The number of nitrogens with one attached hydrogen (secondary N) is 1. The monoisotopic (exact) mass is 435 g/mol. The highest BCUT2D eigenvalue weighted by Crippen LogP contribution is 2.26. The third-order valence-corrected chi connectivity index (χ3v) is 6.20. The van der Waals surface area contributed by atoms with Crippen molar-refractivity contribution >= 4 is 57.7 Å². The van der Waals surface area contributed by atoms with Crippen LogP contribution in [0, 0.1) is 21.5 Å². The zero-order chi connectivity index (χ0) is 19.3. The Labute approximate surface area is 172 Å². The highest BCUT2D eigenvalue weighted by Gasteiger charge is 2.16. The second-order valence-corrected chi connectivity index (χ2v) is 8.27. The SMILES string of the molecule is Cc1cc(-n2c(=S)sc3c(=O)n(-c4ccccc4F)c(=S)[nH]c32)ccc1Cl. The Morgan fingerprint density at radius 1 is 1.15 bits per heavy atom. The number of hydrogen-bond donors (Lipinski definition) is 1. The van der Waals surface area contributed by atoms with Crippen LogP contribution in [0.3, 0.4) is 0 Å².